The fourth-order valence-corrected chi connectivity index (χ4v) is 2.94. The van der Waals surface area contributed by atoms with Crippen LogP contribution in [0.5, 0.6) is 11.5 Å². The van der Waals surface area contributed by atoms with Gasteiger partial charge < -0.3 is 25.0 Å². The number of anilines is 1. The van der Waals surface area contributed by atoms with E-state index in [0.717, 1.165) is 42.9 Å². The smallest absolute Gasteiger partial charge is 0.166 e. The van der Waals surface area contributed by atoms with Gasteiger partial charge in [0.15, 0.2) is 16.6 Å². The number of benzene rings is 1. The van der Waals surface area contributed by atoms with Crippen molar-refractivity contribution in [2.75, 3.05) is 45.3 Å². The summed E-state index contributed by atoms with van der Waals surface area (Å²) in [5, 5.41) is 1.39. The van der Waals surface area contributed by atoms with Crippen LogP contribution in [0, 0.1) is 0 Å². The molecule has 0 spiro atoms. The third-order valence-electron chi connectivity index (χ3n) is 4.01. The number of nitrogens with zero attached hydrogens (tertiary/aromatic N) is 4. The predicted octanol–water partition coefficient (Wildman–Crippen LogP) is 1.01. The maximum absolute atomic E-state index is 5.69. The SMILES string of the molecule is COc1cc2ncnc(N3CCN(C(N)=S)CC3)c2cc1OC. The zero-order valence-corrected chi connectivity index (χ0v) is 14.0. The van der Waals surface area contributed by atoms with Gasteiger partial charge in [0.05, 0.1) is 19.7 Å². The second-order valence-electron chi connectivity index (χ2n) is 5.23. The van der Waals surface area contributed by atoms with E-state index in [9.17, 15) is 0 Å². The van der Waals surface area contributed by atoms with Crippen LogP contribution < -0.4 is 20.1 Å². The van der Waals surface area contributed by atoms with Gasteiger partial charge in [0.2, 0.25) is 0 Å². The van der Waals surface area contributed by atoms with E-state index in [4.69, 9.17) is 27.4 Å². The van der Waals surface area contributed by atoms with Crippen LogP contribution in [0.3, 0.4) is 0 Å². The van der Waals surface area contributed by atoms with Gasteiger partial charge in [0.25, 0.3) is 0 Å². The van der Waals surface area contributed by atoms with Crippen molar-refractivity contribution in [3.8, 4) is 11.5 Å². The van der Waals surface area contributed by atoms with Gasteiger partial charge in [-0.1, -0.05) is 0 Å². The van der Waals surface area contributed by atoms with Gasteiger partial charge >= 0.3 is 0 Å². The van der Waals surface area contributed by atoms with E-state index >= 15 is 0 Å². The number of methoxy groups -OCH3 is 2. The highest BCUT2D eigenvalue weighted by molar-refractivity contribution is 7.80. The number of ether oxygens (including phenoxy) is 2. The Balaban J connectivity index is 1.97. The van der Waals surface area contributed by atoms with Crippen molar-refractivity contribution < 1.29 is 9.47 Å². The summed E-state index contributed by atoms with van der Waals surface area (Å²) >= 11 is 5.04. The van der Waals surface area contributed by atoms with Gasteiger partial charge in [-0.3, -0.25) is 0 Å². The summed E-state index contributed by atoms with van der Waals surface area (Å²) in [7, 11) is 3.23. The highest BCUT2D eigenvalue weighted by Gasteiger charge is 2.21. The highest BCUT2D eigenvalue weighted by atomic mass is 32.1. The Morgan fingerprint density at radius 2 is 1.74 bits per heavy atom. The summed E-state index contributed by atoms with van der Waals surface area (Å²) in [4.78, 5) is 13.0. The molecule has 1 saturated heterocycles. The molecule has 7 nitrogen and oxygen atoms in total. The maximum atomic E-state index is 5.69. The molecule has 2 N–H and O–H groups in total. The summed E-state index contributed by atoms with van der Waals surface area (Å²) < 4.78 is 10.7. The molecular formula is C15H19N5O2S. The first-order valence-electron chi connectivity index (χ1n) is 7.30. The van der Waals surface area contributed by atoms with Crippen molar-refractivity contribution in [3.63, 3.8) is 0 Å². The number of rotatable bonds is 3. The molecule has 0 saturated carbocycles. The Bertz CT molecular complexity index is 731. The lowest BCUT2D eigenvalue weighted by Crippen LogP contribution is -2.50. The molecule has 2 heterocycles. The van der Waals surface area contributed by atoms with Crippen LogP contribution in [-0.2, 0) is 0 Å². The average Bonchev–Trinajstić information content (AvgIpc) is 2.60. The second-order valence-corrected chi connectivity index (χ2v) is 5.65. The van der Waals surface area contributed by atoms with Crippen molar-refractivity contribution in [3.05, 3.63) is 18.5 Å². The minimum absolute atomic E-state index is 0.448. The molecule has 0 bridgehead atoms. The third kappa shape index (κ3) is 2.94. The third-order valence-corrected chi connectivity index (χ3v) is 4.27. The summed E-state index contributed by atoms with van der Waals surface area (Å²) in [5.41, 5.74) is 6.52. The second kappa shape index (κ2) is 6.41. The number of hydrogen-bond donors (Lipinski definition) is 1. The zero-order valence-electron chi connectivity index (χ0n) is 13.2. The summed E-state index contributed by atoms with van der Waals surface area (Å²) in [6, 6.07) is 3.79. The van der Waals surface area contributed by atoms with Gasteiger partial charge in [0, 0.05) is 37.6 Å². The molecule has 122 valence electrons. The molecule has 0 aliphatic carbocycles. The predicted molar refractivity (Wildman–Crippen MR) is 93.2 cm³/mol. The molecule has 1 fully saturated rings. The molecule has 1 aromatic heterocycles. The van der Waals surface area contributed by atoms with Gasteiger partial charge in [-0.05, 0) is 18.3 Å². The van der Waals surface area contributed by atoms with Crippen molar-refractivity contribution in [2.45, 2.75) is 0 Å². The first kappa shape index (κ1) is 15.5. The highest BCUT2D eigenvalue weighted by Crippen LogP contribution is 2.34. The van der Waals surface area contributed by atoms with Gasteiger partial charge in [-0.25, -0.2) is 9.97 Å². The summed E-state index contributed by atoms with van der Waals surface area (Å²) in [6.07, 6.45) is 1.57. The fraction of sp³-hybridized carbons (Fsp3) is 0.400. The monoisotopic (exact) mass is 333 g/mol. The van der Waals surface area contributed by atoms with Crippen LogP contribution in [0.4, 0.5) is 5.82 Å². The molecule has 8 heteroatoms. The van der Waals surface area contributed by atoms with Crippen molar-refractivity contribution in [2.24, 2.45) is 5.73 Å². The van der Waals surface area contributed by atoms with E-state index in [2.05, 4.69) is 14.9 Å². The van der Waals surface area contributed by atoms with Crippen molar-refractivity contribution in [1.29, 1.82) is 0 Å². The fourth-order valence-electron chi connectivity index (χ4n) is 2.76. The van der Waals surface area contributed by atoms with E-state index in [-0.39, 0.29) is 0 Å². The number of thiocarbonyl (C=S) groups is 1. The molecule has 2 aromatic rings. The zero-order chi connectivity index (χ0) is 16.4. The van der Waals surface area contributed by atoms with E-state index in [1.165, 1.54) is 0 Å². The Labute approximate surface area is 140 Å². The number of nitrogens with two attached hydrogens (primary N) is 1. The first-order valence-corrected chi connectivity index (χ1v) is 7.71. The molecule has 0 radical (unpaired) electrons. The minimum atomic E-state index is 0.448. The number of hydrogen-bond acceptors (Lipinski definition) is 6. The number of aromatic nitrogens is 2. The first-order chi connectivity index (χ1) is 11.1. The van der Waals surface area contributed by atoms with Crippen LogP contribution >= 0.6 is 12.2 Å². The molecule has 23 heavy (non-hydrogen) atoms. The van der Waals surface area contributed by atoms with E-state index in [1.807, 2.05) is 17.0 Å². The Hall–Kier alpha value is -2.35. The van der Waals surface area contributed by atoms with Gasteiger partial charge in [0.1, 0.15) is 12.1 Å². The molecule has 0 unspecified atom stereocenters. The lowest BCUT2D eigenvalue weighted by Gasteiger charge is -2.36. The van der Waals surface area contributed by atoms with E-state index < -0.39 is 0 Å². The molecule has 1 aliphatic heterocycles. The van der Waals surface area contributed by atoms with Crippen molar-refractivity contribution in [1.82, 2.24) is 14.9 Å². The Morgan fingerprint density at radius 1 is 1.09 bits per heavy atom. The minimum Gasteiger partial charge on any atom is -0.493 e. The molecule has 0 atom stereocenters. The topological polar surface area (TPSA) is 76.7 Å². The Morgan fingerprint density at radius 3 is 2.35 bits per heavy atom. The van der Waals surface area contributed by atoms with E-state index in [0.29, 0.717) is 16.6 Å². The normalized spacial score (nSPS) is 14.9. The standard InChI is InChI=1S/C15H19N5O2S/c1-21-12-7-10-11(8-13(12)22-2)17-9-18-14(10)19-3-5-20(6-4-19)15(16)23/h7-9H,3-6H2,1-2H3,(H2,16,23). The molecular weight excluding hydrogens is 314 g/mol. The van der Waals surface area contributed by atoms with Gasteiger partial charge in [-0.2, -0.15) is 0 Å². The summed E-state index contributed by atoms with van der Waals surface area (Å²) in [6.45, 7) is 3.18. The van der Waals surface area contributed by atoms with Crippen molar-refractivity contribution >= 4 is 34.1 Å². The van der Waals surface area contributed by atoms with Crippen LogP contribution in [0.2, 0.25) is 0 Å². The molecule has 0 amide bonds. The largest absolute Gasteiger partial charge is 0.493 e. The lowest BCUT2D eigenvalue weighted by molar-refractivity contribution is 0.355. The van der Waals surface area contributed by atoms with Gasteiger partial charge in [-0.15, -0.1) is 0 Å². The maximum Gasteiger partial charge on any atom is 0.166 e. The lowest BCUT2D eigenvalue weighted by atomic mass is 10.2. The number of fused-ring (bicyclic) bond motifs is 1. The molecule has 1 aromatic carbocycles. The Kier molecular flexibility index (Phi) is 4.33. The van der Waals surface area contributed by atoms with E-state index in [1.54, 1.807) is 20.5 Å². The number of piperazine rings is 1. The van der Waals surface area contributed by atoms with Crippen LogP contribution in [0.25, 0.3) is 10.9 Å². The summed E-state index contributed by atoms with van der Waals surface area (Å²) in [5.74, 6) is 2.21. The van der Waals surface area contributed by atoms with Crippen LogP contribution in [0.1, 0.15) is 0 Å². The van der Waals surface area contributed by atoms with Crippen LogP contribution in [-0.4, -0.2) is 60.4 Å². The van der Waals surface area contributed by atoms with Crippen LogP contribution in [0.15, 0.2) is 18.5 Å². The quantitative estimate of drug-likeness (QED) is 0.834. The molecule has 3 rings (SSSR count). The average molecular weight is 333 g/mol. The molecule has 1 aliphatic rings.